The van der Waals surface area contributed by atoms with Crippen molar-refractivity contribution in [1.82, 2.24) is 0 Å². The van der Waals surface area contributed by atoms with Gasteiger partial charge in [-0.2, -0.15) is 0 Å². The van der Waals surface area contributed by atoms with Crippen LogP contribution in [0.15, 0.2) is 181 Å². The molecule has 0 bridgehead atoms. The van der Waals surface area contributed by atoms with E-state index in [0.29, 0.717) is 106 Å². The number of carbonyl (C=O) groups is 4. The average Bonchev–Trinajstić information content (AvgIpc) is 1.16. The molecule has 4 N–H and O–H groups in total. The van der Waals surface area contributed by atoms with Crippen molar-refractivity contribution in [3.05, 3.63) is 235 Å². The second kappa shape index (κ2) is 48.7. The van der Waals surface area contributed by atoms with E-state index < -0.39 is 43.6 Å². The largest absolute Gasteiger partial charge is 0.493 e. The van der Waals surface area contributed by atoms with Gasteiger partial charge in [-0.3, -0.25) is 4.39 Å². The molecule has 4 heterocycles. The molecule has 4 aromatic carbocycles. The lowest BCUT2D eigenvalue weighted by Gasteiger charge is -2.32. The van der Waals surface area contributed by atoms with E-state index in [1.165, 1.54) is 40.7 Å². The number of carboxylic acids is 4. The van der Waals surface area contributed by atoms with Crippen LogP contribution < -0.4 is 18.9 Å². The molecule has 15 nitrogen and oxygen atoms in total. The first-order valence-corrected chi connectivity index (χ1v) is 43.2. The molecule has 0 aliphatic heterocycles. The molecule has 0 atom stereocenters. The lowest BCUT2D eigenvalue weighted by molar-refractivity contribution is -0.132. The van der Waals surface area contributed by atoms with E-state index in [2.05, 4.69) is 185 Å². The molecule has 0 spiro atoms. The molecule has 8 aromatic rings. The Labute approximate surface area is 726 Å². The average molecular weight is 1700 g/mol. The minimum atomic E-state index is -2.61. The Morgan fingerprint density at radius 2 is 0.787 bits per heavy atom. The van der Waals surface area contributed by atoms with Gasteiger partial charge in [0.15, 0.2) is 0 Å². The number of rotatable bonds is 39. The number of alkyl halides is 3. The van der Waals surface area contributed by atoms with Crippen LogP contribution in [0.3, 0.4) is 0 Å². The number of ether oxygens (including phenoxy) is 4. The van der Waals surface area contributed by atoms with Crippen molar-refractivity contribution in [1.29, 1.82) is 0 Å². The van der Waals surface area contributed by atoms with Crippen LogP contribution >= 0.6 is 11.3 Å². The third-order valence-corrected chi connectivity index (χ3v) is 21.8. The summed E-state index contributed by atoms with van der Waals surface area (Å²) in [6.07, 6.45) is 25.5. The molecule has 0 fully saturated rings. The molecule has 0 amide bonds. The molecule has 660 valence electrons. The van der Waals surface area contributed by atoms with Crippen molar-refractivity contribution in [2.24, 2.45) is 0 Å². The van der Waals surface area contributed by atoms with Gasteiger partial charge >= 0.3 is 23.9 Å². The first kappa shape index (κ1) is 102. The quantitative estimate of drug-likeness (QED) is 0.0160. The Bertz CT molecular complexity index is 4870. The zero-order valence-electron chi connectivity index (χ0n) is 76.1. The number of furan rings is 3. The van der Waals surface area contributed by atoms with Crippen LogP contribution in [-0.2, 0) is 30.0 Å². The molecule has 19 heteroatoms. The van der Waals surface area contributed by atoms with Crippen LogP contribution in [0.2, 0.25) is 0 Å². The third-order valence-electron chi connectivity index (χ3n) is 20.8. The number of aliphatic carboxylic acids is 4. The maximum atomic E-state index is 13.2. The second-order valence-corrected chi connectivity index (χ2v) is 34.5. The Hall–Kier alpha value is -10.8. The number of hydrogen-bond acceptors (Lipinski definition) is 12. The summed E-state index contributed by atoms with van der Waals surface area (Å²) >= 11 is 1.70. The van der Waals surface area contributed by atoms with Gasteiger partial charge in [0.2, 0.25) is 0 Å². The van der Waals surface area contributed by atoms with E-state index in [4.69, 9.17) is 52.6 Å². The zero-order valence-corrected chi connectivity index (χ0v) is 76.9. The summed E-state index contributed by atoms with van der Waals surface area (Å²) in [6.45, 7) is 50.2. The number of allylic oxidation sites excluding steroid dienone is 8. The van der Waals surface area contributed by atoms with Crippen LogP contribution in [0.5, 0.6) is 23.0 Å². The molecule has 4 aromatic heterocycles. The predicted octanol–water partition coefficient (Wildman–Crippen LogP) is 29.5. The lowest BCUT2D eigenvalue weighted by Crippen LogP contribution is -2.22. The van der Waals surface area contributed by atoms with Gasteiger partial charge in [-0.1, -0.05) is 211 Å². The van der Waals surface area contributed by atoms with Crippen molar-refractivity contribution in [3.63, 3.8) is 0 Å². The highest BCUT2D eigenvalue weighted by molar-refractivity contribution is 7.14. The molecule has 0 saturated heterocycles. The summed E-state index contributed by atoms with van der Waals surface area (Å²) in [4.78, 5) is 44.7. The number of carboxylic acid groups (broad SMARTS) is 4. The normalized spacial score (nSPS) is 12.6. The first-order chi connectivity index (χ1) is 57.5. The van der Waals surface area contributed by atoms with E-state index in [9.17, 15) is 32.3 Å². The smallest absolute Gasteiger partial charge is 0.328 e. The van der Waals surface area contributed by atoms with Crippen LogP contribution in [0, 0.1) is 0 Å². The van der Waals surface area contributed by atoms with E-state index >= 15 is 0 Å². The predicted molar refractivity (Wildman–Crippen MR) is 494 cm³/mol. The number of unbranched alkanes of at least 4 members (excludes halogenated alkanes) is 1. The van der Waals surface area contributed by atoms with Gasteiger partial charge in [-0.25, -0.2) is 28.0 Å². The van der Waals surface area contributed by atoms with Gasteiger partial charge in [0.1, 0.15) is 46.9 Å². The van der Waals surface area contributed by atoms with E-state index in [-0.39, 0.29) is 23.4 Å². The monoisotopic (exact) mass is 1700 g/mol. The Kier molecular flexibility index (Phi) is 40.7. The number of halogens is 3. The fourth-order valence-electron chi connectivity index (χ4n) is 12.9. The van der Waals surface area contributed by atoms with E-state index in [1.807, 2.05) is 49.4 Å². The summed E-state index contributed by atoms with van der Waals surface area (Å²) < 4.78 is 80.8. The van der Waals surface area contributed by atoms with Crippen molar-refractivity contribution in [2.45, 2.75) is 251 Å². The van der Waals surface area contributed by atoms with Gasteiger partial charge in [0.25, 0.3) is 6.43 Å². The molecular weight excluding hydrogens is 1570 g/mol. The zero-order chi connectivity index (χ0) is 91.0. The summed E-state index contributed by atoms with van der Waals surface area (Å²) in [5.74, 6) is 2.91. The molecular formula is C103H131F3O15S. The molecule has 0 aliphatic carbocycles. The Morgan fingerprint density at radius 1 is 0.434 bits per heavy atom. The fraction of sp³-hybridized carbons (Fsp3) is 0.417. The Balaban J connectivity index is 0.000000290. The molecule has 0 aliphatic rings. The summed E-state index contributed by atoms with van der Waals surface area (Å²) in [7, 11) is 0. The first-order valence-electron chi connectivity index (χ1n) is 42.3. The molecule has 8 rings (SSSR count). The van der Waals surface area contributed by atoms with Gasteiger partial charge in [0, 0.05) is 63.4 Å². The maximum Gasteiger partial charge on any atom is 0.328 e. The molecule has 122 heavy (non-hydrogen) atoms. The molecule has 0 radical (unpaired) electrons. The topological polar surface area (TPSA) is 226 Å². The van der Waals surface area contributed by atoms with Gasteiger partial charge in [-0.15, -0.1) is 11.3 Å². The van der Waals surface area contributed by atoms with Crippen LogP contribution in [0.1, 0.15) is 301 Å². The van der Waals surface area contributed by atoms with Crippen molar-refractivity contribution in [2.75, 3.05) is 33.1 Å². The molecule has 0 unspecified atom stereocenters. The summed E-state index contributed by atoms with van der Waals surface area (Å²) in [6, 6.07) is 24.7. The summed E-state index contributed by atoms with van der Waals surface area (Å²) in [5, 5.41) is 37.8. The Morgan fingerprint density at radius 3 is 1.12 bits per heavy atom. The van der Waals surface area contributed by atoms with E-state index in [1.54, 1.807) is 81.9 Å². The van der Waals surface area contributed by atoms with Gasteiger partial charge in [0.05, 0.1) is 62.0 Å². The van der Waals surface area contributed by atoms with Crippen molar-refractivity contribution >= 4 is 59.5 Å². The maximum absolute atomic E-state index is 13.2. The van der Waals surface area contributed by atoms with Crippen molar-refractivity contribution in [3.8, 4) is 67.4 Å². The lowest BCUT2D eigenvalue weighted by atomic mass is 9.75. The highest BCUT2D eigenvalue weighted by atomic mass is 32.1. The number of thiophene rings is 1. The second-order valence-electron chi connectivity index (χ2n) is 33.6. The minimum absolute atomic E-state index is 0.155. The molecule has 0 saturated carbocycles. The SMILES string of the molecule is CC(/C=C/c1ccoc1-c1cc(C(C)C)cc(C(C)C)c1OCCCF)=C\C(=O)O.CCC(C)(C)c1cc(-c2occc2/C=C/C(C)=C/C(=O)O)c(OCC(F)F)c(C(C)(C)CC)c1.CCCCOc1c(-c2sccc2/C=C/C(C)=C/C(=O)O)cc(C(C)C)cc1C(C)C.CCOc1c(-c2occc2/C=C/C(C)=C/C(=O)O)cc(C(C)C)cc1C(C)C. The van der Waals surface area contributed by atoms with Crippen molar-refractivity contribution < 1.29 is 85.0 Å². The van der Waals surface area contributed by atoms with Gasteiger partial charge < -0.3 is 52.6 Å². The standard InChI is InChI=1S/C28H36F2O4.C26H34O3S.C25H31FO4.C24H30O4/c1-8-27(4,5)20-15-21(25-19(12-13-33-25)11-10-18(3)14-24(31)32)26(34-17-23(29)30)22(16-20)28(6,7)9-2;1-7-8-12-29-25-22(18(4)5)15-21(17(2)3)16-23(25)26-20(11-13-30-26)10-9-19(6)14-24(27)28;1-16(2)20-14-21(17(3)4)25(29-11-6-10-26)22(15-20)24-19(9-12-30-24)8-7-18(5)13-23(27)28;1-7-27-24-20(16(4)5)13-19(15(2)3)14-21(24)23-18(10-11-28-23)9-8-17(6)12-22(25)26/h10-16,23H,8-9,17H2,1-7H3,(H,31,32);9-11,13-18H,7-8,12H2,1-6H3,(H,27,28);7-9,12-17H,6,10-11H2,1-5H3,(H,27,28);8-16H,7H2,1-6H3,(H,25,26)/b11-10+,18-14+;10-9+,19-14+;8-7+,18-13+;9-8+,17-12+. The highest BCUT2D eigenvalue weighted by Crippen LogP contribution is 2.49. The number of benzene rings is 4. The summed E-state index contributed by atoms with van der Waals surface area (Å²) in [5.41, 5.74) is 18.1. The fourth-order valence-corrected chi connectivity index (χ4v) is 13.8. The minimum Gasteiger partial charge on any atom is -0.493 e. The van der Waals surface area contributed by atoms with E-state index in [0.717, 1.165) is 116 Å². The van der Waals surface area contributed by atoms with Crippen LogP contribution in [-0.4, -0.2) is 83.8 Å². The highest BCUT2D eigenvalue weighted by Gasteiger charge is 2.32. The van der Waals surface area contributed by atoms with Crippen LogP contribution in [0.4, 0.5) is 13.2 Å². The van der Waals surface area contributed by atoms with Gasteiger partial charge in [-0.05, 0) is 221 Å². The number of hydrogen-bond donors (Lipinski definition) is 4. The third kappa shape index (κ3) is 30.4. The van der Waals surface area contributed by atoms with Crippen LogP contribution in [0.25, 0.3) is 68.7 Å².